The molecule has 2 aromatic rings. The predicted molar refractivity (Wildman–Crippen MR) is 98.3 cm³/mol. The van der Waals surface area contributed by atoms with Gasteiger partial charge in [0, 0.05) is 30.7 Å². The summed E-state index contributed by atoms with van der Waals surface area (Å²) in [4.78, 5) is 15.4. The van der Waals surface area contributed by atoms with Crippen LogP contribution in [0.4, 0.5) is 0 Å². The van der Waals surface area contributed by atoms with Gasteiger partial charge in [0.25, 0.3) is 5.91 Å². The first-order chi connectivity index (χ1) is 11.8. The number of hydrogen-bond donors (Lipinski definition) is 1. The Labute approximate surface area is 144 Å². The number of fused-ring (bicyclic) bond motifs is 1. The Morgan fingerprint density at radius 3 is 2.62 bits per heavy atom. The molecule has 1 unspecified atom stereocenters. The molecule has 1 amide bonds. The number of benzene rings is 2. The lowest BCUT2D eigenvalue weighted by Crippen LogP contribution is -2.40. The smallest absolute Gasteiger partial charge is 0.252 e. The molecule has 2 fully saturated rings. The van der Waals surface area contributed by atoms with Gasteiger partial charge in [-0.2, -0.15) is 0 Å². The number of likely N-dealkylation sites (tertiary alicyclic amines) is 1. The maximum Gasteiger partial charge on any atom is 0.252 e. The number of nitrogens with zero attached hydrogens (tertiary/aromatic N) is 1. The highest BCUT2D eigenvalue weighted by molar-refractivity contribution is 6.07. The summed E-state index contributed by atoms with van der Waals surface area (Å²) in [6.07, 6.45) is 7.88. The van der Waals surface area contributed by atoms with Crippen molar-refractivity contribution in [2.24, 2.45) is 0 Å². The van der Waals surface area contributed by atoms with Crippen molar-refractivity contribution in [1.29, 1.82) is 0 Å². The third-order valence-electron chi connectivity index (χ3n) is 5.68. The van der Waals surface area contributed by atoms with E-state index in [0.717, 1.165) is 41.9 Å². The molecule has 2 aliphatic rings. The van der Waals surface area contributed by atoms with Gasteiger partial charge in [0.1, 0.15) is 0 Å². The van der Waals surface area contributed by atoms with E-state index in [4.69, 9.17) is 0 Å². The van der Waals surface area contributed by atoms with Gasteiger partial charge < -0.3 is 5.32 Å². The maximum absolute atomic E-state index is 12.8. The molecule has 4 rings (SSSR count). The molecule has 0 spiro atoms. The van der Waals surface area contributed by atoms with E-state index in [-0.39, 0.29) is 5.91 Å². The number of hydrogen-bond acceptors (Lipinski definition) is 2. The maximum atomic E-state index is 12.8. The molecular formula is C21H26N2O. The van der Waals surface area contributed by atoms with E-state index in [1.54, 1.807) is 0 Å². The van der Waals surface area contributed by atoms with Crippen LogP contribution in [0, 0.1) is 0 Å². The summed E-state index contributed by atoms with van der Waals surface area (Å²) in [6.45, 7) is 2.15. The standard InChI is InChI=1S/C21H26N2O/c24-21(20-12-6-8-16-7-4-5-11-19(16)20)22-17-13-14-23(15-17)18-9-2-1-3-10-18/h4-8,11-12,17-18H,1-3,9-10,13-15H2,(H,22,24). The summed E-state index contributed by atoms with van der Waals surface area (Å²) >= 11 is 0. The fourth-order valence-electron chi connectivity index (χ4n) is 4.37. The third-order valence-corrected chi connectivity index (χ3v) is 5.68. The Balaban J connectivity index is 1.43. The van der Waals surface area contributed by atoms with E-state index >= 15 is 0 Å². The number of nitrogens with one attached hydrogen (secondary N) is 1. The van der Waals surface area contributed by atoms with Crippen LogP contribution in [-0.2, 0) is 0 Å². The third kappa shape index (κ3) is 3.18. The van der Waals surface area contributed by atoms with E-state index in [1.165, 1.54) is 32.1 Å². The fourth-order valence-corrected chi connectivity index (χ4v) is 4.37. The van der Waals surface area contributed by atoms with E-state index in [0.29, 0.717) is 6.04 Å². The molecule has 3 heteroatoms. The second-order valence-electron chi connectivity index (χ2n) is 7.27. The molecule has 1 aliphatic carbocycles. The van der Waals surface area contributed by atoms with E-state index in [2.05, 4.69) is 22.3 Å². The SMILES string of the molecule is O=C(NC1CCN(C2CCCCC2)C1)c1cccc2ccccc12. The zero-order chi connectivity index (χ0) is 16.4. The Hall–Kier alpha value is -1.87. The van der Waals surface area contributed by atoms with Gasteiger partial charge in [0.05, 0.1) is 0 Å². The quantitative estimate of drug-likeness (QED) is 0.927. The highest BCUT2D eigenvalue weighted by Crippen LogP contribution is 2.26. The van der Waals surface area contributed by atoms with Crippen LogP contribution in [0.3, 0.4) is 0 Å². The van der Waals surface area contributed by atoms with Gasteiger partial charge in [-0.25, -0.2) is 0 Å². The van der Waals surface area contributed by atoms with E-state index in [9.17, 15) is 4.79 Å². The van der Waals surface area contributed by atoms with Crippen LogP contribution in [-0.4, -0.2) is 36.0 Å². The monoisotopic (exact) mass is 322 g/mol. The van der Waals surface area contributed by atoms with E-state index in [1.807, 2.05) is 30.3 Å². The highest BCUT2D eigenvalue weighted by Gasteiger charge is 2.30. The number of amides is 1. The molecular weight excluding hydrogens is 296 g/mol. The molecule has 1 atom stereocenters. The Kier molecular flexibility index (Phi) is 4.52. The van der Waals surface area contributed by atoms with Crippen molar-refractivity contribution in [3.8, 4) is 0 Å². The summed E-state index contributed by atoms with van der Waals surface area (Å²) in [5.74, 6) is 0.0716. The summed E-state index contributed by atoms with van der Waals surface area (Å²) < 4.78 is 0. The predicted octanol–water partition coefficient (Wildman–Crippen LogP) is 3.98. The average Bonchev–Trinajstić information content (AvgIpc) is 3.10. The molecule has 0 aromatic heterocycles. The minimum Gasteiger partial charge on any atom is -0.348 e. The summed E-state index contributed by atoms with van der Waals surface area (Å²) in [6, 6.07) is 15.1. The van der Waals surface area contributed by atoms with Gasteiger partial charge in [-0.05, 0) is 36.1 Å². The van der Waals surface area contributed by atoms with Crippen LogP contribution in [0.2, 0.25) is 0 Å². The summed E-state index contributed by atoms with van der Waals surface area (Å²) in [5, 5.41) is 5.44. The molecule has 1 heterocycles. The first kappa shape index (κ1) is 15.6. The van der Waals surface area contributed by atoms with Crippen molar-refractivity contribution in [2.75, 3.05) is 13.1 Å². The summed E-state index contributed by atoms with van der Waals surface area (Å²) in [7, 11) is 0. The van der Waals surface area contributed by atoms with E-state index < -0.39 is 0 Å². The normalized spacial score (nSPS) is 22.8. The van der Waals surface area contributed by atoms with Gasteiger partial charge in [0.2, 0.25) is 0 Å². The van der Waals surface area contributed by atoms with Gasteiger partial charge in [-0.3, -0.25) is 9.69 Å². The first-order valence-corrected chi connectivity index (χ1v) is 9.34. The van der Waals surface area contributed by atoms with Gasteiger partial charge >= 0.3 is 0 Å². The molecule has 1 saturated carbocycles. The zero-order valence-electron chi connectivity index (χ0n) is 14.2. The number of carbonyl (C=O) groups excluding carboxylic acids is 1. The molecule has 24 heavy (non-hydrogen) atoms. The molecule has 1 saturated heterocycles. The van der Waals surface area contributed by atoms with Crippen molar-refractivity contribution in [3.63, 3.8) is 0 Å². The lowest BCUT2D eigenvalue weighted by molar-refractivity contribution is 0.0936. The lowest BCUT2D eigenvalue weighted by Gasteiger charge is -2.31. The van der Waals surface area contributed by atoms with Crippen LogP contribution in [0.5, 0.6) is 0 Å². The van der Waals surface area contributed by atoms with Crippen molar-refractivity contribution in [1.82, 2.24) is 10.2 Å². The Morgan fingerprint density at radius 1 is 0.958 bits per heavy atom. The summed E-state index contributed by atoms with van der Waals surface area (Å²) in [5.41, 5.74) is 0.796. The first-order valence-electron chi connectivity index (χ1n) is 9.34. The topological polar surface area (TPSA) is 32.3 Å². The Bertz CT molecular complexity index is 715. The van der Waals surface area contributed by atoms with Crippen molar-refractivity contribution >= 4 is 16.7 Å². The molecule has 126 valence electrons. The second kappa shape index (κ2) is 6.94. The minimum atomic E-state index is 0.0716. The molecule has 3 nitrogen and oxygen atoms in total. The van der Waals surface area contributed by atoms with Crippen molar-refractivity contribution in [2.45, 2.75) is 50.6 Å². The largest absolute Gasteiger partial charge is 0.348 e. The van der Waals surface area contributed by atoms with Gasteiger partial charge in [0.15, 0.2) is 0 Å². The molecule has 1 N–H and O–H groups in total. The van der Waals surface area contributed by atoms with Gasteiger partial charge in [-0.1, -0.05) is 55.7 Å². The zero-order valence-corrected chi connectivity index (χ0v) is 14.2. The van der Waals surface area contributed by atoms with Gasteiger partial charge in [-0.15, -0.1) is 0 Å². The van der Waals surface area contributed by atoms with Crippen LogP contribution in [0.25, 0.3) is 10.8 Å². The molecule has 0 bridgehead atoms. The minimum absolute atomic E-state index is 0.0716. The molecule has 0 radical (unpaired) electrons. The van der Waals surface area contributed by atoms with Crippen LogP contribution >= 0.6 is 0 Å². The Morgan fingerprint density at radius 2 is 1.75 bits per heavy atom. The number of rotatable bonds is 3. The molecule has 1 aliphatic heterocycles. The van der Waals surface area contributed by atoms with Crippen molar-refractivity contribution in [3.05, 3.63) is 48.0 Å². The lowest BCUT2D eigenvalue weighted by atomic mass is 9.94. The molecule has 2 aromatic carbocycles. The fraction of sp³-hybridized carbons (Fsp3) is 0.476. The second-order valence-corrected chi connectivity index (χ2v) is 7.27. The number of carbonyl (C=O) groups is 1. The van der Waals surface area contributed by atoms with Crippen LogP contribution < -0.4 is 5.32 Å². The highest BCUT2D eigenvalue weighted by atomic mass is 16.1. The average molecular weight is 322 g/mol. The van der Waals surface area contributed by atoms with Crippen LogP contribution in [0.1, 0.15) is 48.9 Å². The van der Waals surface area contributed by atoms with Crippen LogP contribution in [0.15, 0.2) is 42.5 Å². The van der Waals surface area contributed by atoms with Crippen molar-refractivity contribution < 1.29 is 4.79 Å².